The number of nitrogens with two attached hydrogens (primary N) is 1. The summed E-state index contributed by atoms with van der Waals surface area (Å²) in [7, 11) is 0. The predicted octanol–water partition coefficient (Wildman–Crippen LogP) is 3.26. The van der Waals surface area contributed by atoms with Gasteiger partial charge in [0.05, 0.1) is 11.7 Å². The molecule has 0 fully saturated rings. The molecule has 1 aromatic heterocycles. The first kappa shape index (κ1) is 15.6. The van der Waals surface area contributed by atoms with E-state index in [-0.39, 0.29) is 11.7 Å². The summed E-state index contributed by atoms with van der Waals surface area (Å²) in [5.74, 6) is -0.209. The second kappa shape index (κ2) is 6.78. The lowest BCUT2D eigenvalue weighted by Crippen LogP contribution is -2.36. The molecule has 6 heteroatoms. The normalized spacial score (nSPS) is 12.4. The van der Waals surface area contributed by atoms with Crippen LogP contribution >= 0.6 is 11.3 Å². The number of amides is 1. The number of hydrogen-bond donors (Lipinski definition) is 2. The van der Waals surface area contributed by atoms with Crippen molar-refractivity contribution in [1.29, 1.82) is 0 Å². The van der Waals surface area contributed by atoms with Crippen molar-refractivity contribution in [1.82, 2.24) is 4.98 Å². The SMILES string of the molecule is CC(C)C[C@H](N)C(=O)Nc1nc(-c2cccc(F)c2)cs1. The molecule has 0 saturated carbocycles. The Morgan fingerprint density at radius 3 is 2.90 bits per heavy atom. The number of thiazole rings is 1. The zero-order valence-electron chi connectivity index (χ0n) is 12.0. The van der Waals surface area contributed by atoms with Crippen LogP contribution in [0.5, 0.6) is 0 Å². The quantitative estimate of drug-likeness (QED) is 0.891. The summed E-state index contributed by atoms with van der Waals surface area (Å²) in [5, 5.41) is 4.95. The highest BCUT2D eigenvalue weighted by atomic mass is 32.1. The Balaban J connectivity index is 2.05. The molecular weight excluding hydrogens is 289 g/mol. The number of nitrogens with one attached hydrogen (secondary N) is 1. The maximum atomic E-state index is 13.2. The van der Waals surface area contributed by atoms with E-state index in [1.54, 1.807) is 17.5 Å². The van der Waals surface area contributed by atoms with Crippen molar-refractivity contribution < 1.29 is 9.18 Å². The Labute approximate surface area is 127 Å². The molecule has 0 aliphatic heterocycles. The van der Waals surface area contributed by atoms with Crippen molar-refractivity contribution in [2.75, 3.05) is 5.32 Å². The largest absolute Gasteiger partial charge is 0.320 e. The van der Waals surface area contributed by atoms with Gasteiger partial charge in [-0.1, -0.05) is 26.0 Å². The molecule has 0 radical (unpaired) electrons. The molecule has 0 spiro atoms. The first-order valence-corrected chi connectivity index (χ1v) is 7.61. The minimum Gasteiger partial charge on any atom is -0.320 e. The van der Waals surface area contributed by atoms with Gasteiger partial charge < -0.3 is 11.1 Å². The Kier molecular flexibility index (Phi) is 5.03. The molecule has 3 N–H and O–H groups in total. The highest BCUT2D eigenvalue weighted by Gasteiger charge is 2.16. The van der Waals surface area contributed by atoms with Crippen LogP contribution in [0, 0.1) is 11.7 Å². The molecule has 2 aromatic rings. The van der Waals surface area contributed by atoms with Gasteiger partial charge in [-0.15, -0.1) is 11.3 Å². The molecule has 0 aliphatic rings. The topological polar surface area (TPSA) is 68.0 Å². The van der Waals surface area contributed by atoms with E-state index in [4.69, 9.17) is 5.73 Å². The Hall–Kier alpha value is -1.79. The van der Waals surface area contributed by atoms with Gasteiger partial charge in [-0.2, -0.15) is 0 Å². The van der Waals surface area contributed by atoms with Crippen molar-refractivity contribution in [3.63, 3.8) is 0 Å². The summed E-state index contributed by atoms with van der Waals surface area (Å²) in [6.45, 7) is 4.02. The van der Waals surface area contributed by atoms with Gasteiger partial charge in [0, 0.05) is 10.9 Å². The minimum absolute atomic E-state index is 0.246. The number of rotatable bonds is 5. The van der Waals surface area contributed by atoms with E-state index in [1.165, 1.54) is 23.5 Å². The van der Waals surface area contributed by atoms with Crippen LogP contribution in [0.3, 0.4) is 0 Å². The molecule has 2 rings (SSSR count). The van der Waals surface area contributed by atoms with Crippen molar-refractivity contribution in [2.45, 2.75) is 26.3 Å². The van der Waals surface area contributed by atoms with Crippen molar-refractivity contribution in [3.05, 3.63) is 35.5 Å². The molecular formula is C15H18FN3OS. The molecule has 0 aliphatic carbocycles. The molecule has 112 valence electrons. The first-order chi connectivity index (χ1) is 9.95. The van der Waals surface area contributed by atoms with Crippen LogP contribution in [0.1, 0.15) is 20.3 Å². The zero-order chi connectivity index (χ0) is 15.4. The van der Waals surface area contributed by atoms with Gasteiger partial charge in [0.25, 0.3) is 0 Å². The van der Waals surface area contributed by atoms with Gasteiger partial charge in [-0.05, 0) is 24.5 Å². The molecule has 1 amide bonds. The van der Waals surface area contributed by atoms with Gasteiger partial charge in [0.2, 0.25) is 5.91 Å². The number of carbonyl (C=O) groups is 1. The number of anilines is 1. The van der Waals surface area contributed by atoms with E-state index >= 15 is 0 Å². The summed E-state index contributed by atoms with van der Waals surface area (Å²) in [6, 6.07) is 5.63. The number of hydrogen-bond acceptors (Lipinski definition) is 4. The van der Waals surface area contributed by atoms with E-state index in [0.29, 0.717) is 28.7 Å². The lowest BCUT2D eigenvalue weighted by atomic mass is 10.0. The average molecular weight is 307 g/mol. The van der Waals surface area contributed by atoms with Gasteiger partial charge in [0.1, 0.15) is 5.82 Å². The molecule has 0 unspecified atom stereocenters. The van der Waals surface area contributed by atoms with E-state index < -0.39 is 6.04 Å². The standard InChI is InChI=1S/C15H18FN3OS/c1-9(2)6-12(17)14(20)19-15-18-13(8-21-15)10-4-3-5-11(16)7-10/h3-5,7-9,12H,6,17H2,1-2H3,(H,18,19,20)/t12-/m0/s1. The third-order valence-electron chi connectivity index (χ3n) is 2.92. The van der Waals surface area contributed by atoms with E-state index in [9.17, 15) is 9.18 Å². The zero-order valence-corrected chi connectivity index (χ0v) is 12.8. The number of carbonyl (C=O) groups excluding carboxylic acids is 1. The summed E-state index contributed by atoms with van der Waals surface area (Å²) < 4.78 is 13.2. The van der Waals surface area contributed by atoms with Crippen molar-refractivity contribution in [3.8, 4) is 11.3 Å². The Morgan fingerprint density at radius 2 is 2.24 bits per heavy atom. The smallest absolute Gasteiger partial charge is 0.243 e. The monoisotopic (exact) mass is 307 g/mol. The third-order valence-corrected chi connectivity index (χ3v) is 3.67. The fourth-order valence-electron chi connectivity index (χ4n) is 1.92. The van der Waals surface area contributed by atoms with E-state index in [1.807, 2.05) is 13.8 Å². The van der Waals surface area contributed by atoms with Crippen LogP contribution in [0.4, 0.5) is 9.52 Å². The van der Waals surface area contributed by atoms with Gasteiger partial charge in [-0.25, -0.2) is 9.37 Å². The third kappa shape index (κ3) is 4.34. The minimum atomic E-state index is -0.550. The number of nitrogens with zero attached hydrogens (tertiary/aromatic N) is 1. The molecule has 21 heavy (non-hydrogen) atoms. The maximum absolute atomic E-state index is 13.2. The highest BCUT2D eigenvalue weighted by molar-refractivity contribution is 7.14. The summed E-state index contributed by atoms with van der Waals surface area (Å²) in [5.41, 5.74) is 7.13. The van der Waals surface area contributed by atoms with Crippen molar-refractivity contribution in [2.24, 2.45) is 11.7 Å². The number of halogens is 1. The van der Waals surface area contributed by atoms with Crippen LogP contribution in [0.25, 0.3) is 11.3 Å². The molecule has 0 bridgehead atoms. The average Bonchev–Trinajstić information content (AvgIpc) is 2.86. The summed E-state index contributed by atoms with van der Waals surface area (Å²) >= 11 is 1.29. The second-order valence-electron chi connectivity index (χ2n) is 5.27. The fraction of sp³-hybridized carbons (Fsp3) is 0.333. The molecule has 0 saturated heterocycles. The second-order valence-corrected chi connectivity index (χ2v) is 6.13. The summed E-state index contributed by atoms with van der Waals surface area (Å²) in [6.07, 6.45) is 0.619. The van der Waals surface area contributed by atoms with E-state index in [0.717, 1.165) is 0 Å². The number of benzene rings is 1. The van der Waals surface area contributed by atoms with Crippen LogP contribution in [-0.4, -0.2) is 16.9 Å². The lowest BCUT2D eigenvalue weighted by Gasteiger charge is -2.12. The Morgan fingerprint density at radius 1 is 1.48 bits per heavy atom. The van der Waals surface area contributed by atoms with Crippen LogP contribution < -0.4 is 11.1 Å². The molecule has 1 heterocycles. The predicted molar refractivity (Wildman–Crippen MR) is 83.6 cm³/mol. The molecule has 1 aromatic carbocycles. The first-order valence-electron chi connectivity index (χ1n) is 6.73. The maximum Gasteiger partial charge on any atom is 0.243 e. The highest BCUT2D eigenvalue weighted by Crippen LogP contribution is 2.25. The lowest BCUT2D eigenvalue weighted by molar-refractivity contribution is -0.117. The summed E-state index contributed by atoms with van der Waals surface area (Å²) in [4.78, 5) is 16.2. The molecule has 4 nitrogen and oxygen atoms in total. The van der Waals surface area contributed by atoms with Crippen molar-refractivity contribution >= 4 is 22.4 Å². The fourth-order valence-corrected chi connectivity index (χ4v) is 2.65. The van der Waals surface area contributed by atoms with Gasteiger partial charge in [-0.3, -0.25) is 4.79 Å². The van der Waals surface area contributed by atoms with Gasteiger partial charge >= 0.3 is 0 Å². The van der Waals surface area contributed by atoms with E-state index in [2.05, 4.69) is 10.3 Å². The van der Waals surface area contributed by atoms with Crippen LogP contribution in [0.2, 0.25) is 0 Å². The van der Waals surface area contributed by atoms with Crippen LogP contribution in [-0.2, 0) is 4.79 Å². The number of aromatic nitrogens is 1. The Bertz CT molecular complexity index is 627. The molecule has 1 atom stereocenters. The van der Waals surface area contributed by atoms with Crippen LogP contribution in [0.15, 0.2) is 29.6 Å². The van der Waals surface area contributed by atoms with Gasteiger partial charge in [0.15, 0.2) is 5.13 Å².